The van der Waals surface area contributed by atoms with E-state index in [0.717, 1.165) is 6.42 Å². The Morgan fingerprint density at radius 2 is 2.00 bits per heavy atom. The van der Waals surface area contributed by atoms with Crippen molar-refractivity contribution < 1.29 is 24.2 Å². The number of hydrogen-bond acceptors (Lipinski definition) is 4. The Balaban J connectivity index is 1.74. The monoisotopic (exact) mass is 277 g/mol. The number of nitrogens with one attached hydrogen (secondary N) is 1. The lowest BCUT2D eigenvalue weighted by Gasteiger charge is -2.41. The second kappa shape index (κ2) is 4.70. The topological polar surface area (TPSA) is 84.9 Å². The van der Waals surface area contributed by atoms with Crippen molar-refractivity contribution in [2.24, 2.45) is 0 Å². The maximum Gasteiger partial charge on any atom is 0.305 e. The number of fused-ring (bicyclic) bond motifs is 1. The predicted octanol–water partition coefficient (Wildman–Crippen LogP) is 1.54. The molecule has 0 spiro atoms. The Labute approximate surface area is 115 Å². The van der Waals surface area contributed by atoms with Crippen LogP contribution in [0, 0.1) is 0 Å². The Morgan fingerprint density at radius 3 is 2.65 bits per heavy atom. The van der Waals surface area contributed by atoms with Gasteiger partial charge in [0.05, 0.1) is 12.0 Å². The number of ether oxygens (including phenoxy) is 2. The van der Waals surface area contributed by atoms with E-state index in [1.165, 1.54) is 0 Å². The van der Waals surface area contributed by atoms with Crippen LogP contribution in [0.5, 0.6) is 11.5 Å². The number of benzene rings is 1. The number of hydrogen-bond donors (Lipinski definition) is 2. The number of carbonyl (C=O) groups is 2. The number of aliphatic carboxylic acids is 1. The summed E-state index contributed by atoms with van der Waals surface area (Å²) in [5.41, 5.74) is -0.148. The van der Waals surface area contributed by atoms with E-state index in [2.05, 4.69) is 5.32 Å². The Kier molecular flexibility index (Phi) is 3.00. The molecule has 1 aromatic rings. The lowest BCUT2D eigenvalue weighted by atomic mass is 9.74. The SMILES string of the molecule is O=C(O)CC1(NC(=O)c2ccc3c(c2)OCO3)CCC1. The highest BCUT2D eigenvalue weighted by atomic mass is 16.7. The van der Waals surface area contributed by atoms with E-state index < -0.39 is 11.5 Å². The van der Waals surface area contributed by atoms with E-state index in [-0.39, 0.29) is 19.1 Å². The number of carbonyl (C=O) groups excluding carboxylic acids is 1. The number of carboxylic acid groups (broad SMARTS) is 1. The van der Waals surface area contributed by atoms with E-state index in [4.69, 9.17) is 14.6 Å². The minimum atomic E-state index is -0.893. The van der Waals surface area contributed by atoms with Gasteiger partial charge in [0.2, 0.25) is 6.79 Å². The van der Waals surface area contributed by atoms with Gasteiger partial charge in [-0.25, -0.2) is 0 Å². The van der Waals surface area contributed by atoms with Crippen LogP contribution in [0.25, 0.3) is 0 Å². The summed E-state index contributed by atoms with van der Waals surface area (Å²) in [5.74, 6) is -0.0103. The van der Waals surface area contributed by atoms with Crippen LogP contribution in [0.3, 0.4) is 0 Å². The van der Waals surface area contributed by atoms with Crippen molar-refractivity contribution in [3.63, 3.8) is 0 Å². The molecule has 3 rings (SSSR count). The average molecular weight is 277 g/mol. The molecule has 106 valence electrons. The maximum absolute atomic E-state index is 12.2. The zero-order valence-corrected chi connectivity index (χ0v) is 10.8. The molecule has 0 atom stereocenters. The minimum Gasteiger partial charge on any atom is -0.481 e. The molecule has 0 saturated heterocycles. The molecular formula is C14H15NO5. The van der Waals surface area contributed by atoms with Crippen LogP contribution in [-0.2, 0) is 4.79 Å². The van der Waals surface area contributed by atoms with E-state index in [1.54, 1.807) is 18.2 Å². The lowest BCUT2D eigenvalue weighted by molar-refractivity contribution is -0.139. The summed E-state index contributed by atoms with van der Waals surface area (Å²) in [4.78, 5) is 23.1. The van der Waals surface area contributed by atoms with Crippen molar-refractivity contribution in [3.8, 4) is 11.5 Å². The summed E-state index contributed by atoms with van der Waals surface area (Å²) in [6, 6.07) is 4.95. The van der Waals surface area contributed by atoms with Crippen molar-refractivity contribution in [3.05, 3.63) is 23.8 Å². The van der Waals surface area contributed by atoms with Gasteiger partial charge in [-0.2, -0.15) is 0 Å². The molecular weight excluding hydrogens is 262 g/mol. The quantitative estimate of drug-likeness (QED) is 0.872. The minimum absolute atomic E-state index is 0.0384. The summed E-state index contributed by atoms with van der Waals surface area (Å²) < 4.78 is 10.4. The number of rotatable bonds is 4. The molecule has 1 saturated carbocycles. The molecule has 1 aliphatic carbocycles. The fourth-order valence-corrected chi connectivity index (χ4v) is 2.59. The second-order valence-corrected chi connectivity index (χ2v) is 5.23. The molecule has 20 heavy (non-hydrogen) atoms. The second-order valence-electron chi connectivity index (χ2n) is 5.23. The van der Waals surface area contributed by atoms with Crippen LogP contribution in [0.4, 0.5) is 0 Å². The summed E-state index contributed by atoms with van der Waals surface area (Å²) in [7, 11) is 0. The van der Waals surface area contributed by atoms with Gasteiger partial charge < -0.3 is 19.9 Å². The van der Waals surface area contributed by atoms with Crippen molar-refractivity contribution in [2.45, 2.75) is 31.2 Å². The van der Waals surface area contributed by atoms with Gasteiger partial charge in [-0.3, -0.25) is 9.59 Å². The van der Waals surface area contributed by atoms with E-state index in [1.807, 2.05) is 0 Å². The molecule has 6 nitrogen and oxygen atoms in total. The molecule has 6 heteroatoms. The van der Waals surface area contributed by atoms with Crippen LogP contribution in [0.2, 0.25) is 0 Å². The first-order valence-corrected chi connectivity index (χ1v) is 6.52. The molecule has 1 heterocycles. The van der Waals surface area contributed by atoms with Crippen LogP contribution >= 0.6 is 0 Å². The third-order valence-electron chi connectivity index (χ3n) is 3.81. The summed E-state index contributed by atoms with van der Waals surface area (Å²) in [6.45, 7) is 0.156. The fraction of sp³-hybridized carbons (Fsp3) is 0.429. The molecule has 1 amide bonds. The van der Waals surface area contributed by atoms with Crippen LogP contribution < -0.4 is 14.8 Å². The molecule has 0 radical (unpaired) electrons. The van der Waals surface area contributed by atoms with Crippen LogP contribution in [0.1, 0.15) is 36.0 Å². The summed E-state index contributed by atoms with van der Waals surface area (Å²) >= 11 is 0. The molecule has 0 aromatic heterocycles. The first-order valence-electron chi connectivity index (χ1n) is 6.52. The van der Waals surface area contributed by atoms with Crippen LogP contribution in [-0.4, -0.2) is 29.3 Å². The summed E-state index contributed by atoms with van der Waals surface area (Å²) in [6.07, 6.45) is 2.31. The zero-order chi connectivity index (χ0) is 14.2. The normalized spacial score (nSPS) is 18.2. The van der Waals surface area contributed by atoms with Crippen molar-refractivity contribution in [1.29, 1.82) is 0 Å². The zero-order valence-electron chi connectivity index (χ0n) is 10.8. The average Bonchev–Trinajstić information content (AvgIpc) is 2.82. The lowest BCUT2D eigenvalue weighted by Crippen LogP contribution is -2.54. The van der Waals surface area contributed by atoms with Gasteiger partial charge in [0, 0.05) is 5.56 Å². The molecule has 0 bridgehead atoms. The van der Waals surface area contributed by atoms with Crippen LogP contribution in [0.15, 0.2) is 18.2 Å². The van der Waals surface area contributed by atoms with E-state index in [0.29, 0.717) is 29.9 Å². The maximum atomic E-state index is 12.2. The number of amides is 1. The van der Waals surface area contributed by atoms with Gasteiger partial charge in [-0.15, -0.1) is 0 Å². The fourth-order valence-electron chi connectivity index (χ4n) is 2.59. The molecule has 1 fully saturated rings. The standard InChI is InChI=1S/C14H15NO5/c16-12(17)7-14(4-1-5-14)15-13(18)9-2-3-10-11(6-9)20-8-19-10/h2-3,6H,1,4-5,7-8H2,(H,15,18)(H,16,17). The molecule has 2 N–H and O–H groups in total. The third kappa shape index (κ3) is 2.29. The van der Waals surface area contributed by atoms with Gasteiger partial charge in [0.25, 0.3) is 5.91 Å². The van der Waals surface area contributed by atoms with Crippen molar-refractivity contribution in [2.75, 3.05) is 6.79 Å². The first-order chi connectivity index (χ1) is 9.58. The highest BCUT2D eigenvalue weighted by Crippen LogP contribution is 2.36. The van der Waals surface area contributed by atoms with Gasteiger partial charge in [-0.05, 0) is 37.5 Å². The predicted molar refractivity (Wildman–Crippen MR) is 68.9 cm³/mol. The Hall–Kier alpha value is -2.24. The third-order valence-corrected chi connectivity index (χ3v) is 3.81. The highest BCUT2D eigenvalue weighted by molar-refractivity contribution is 5.95. The largest absolute Gasteiger partial charge is 0.481 e. The van der Waals surface area contributed by atoms with Gasteiger partial charge in [0.1, 0.15) is 0 Å². The van der Waals surface area contributed by atoms with Gasteiger partial charge in [0.15, 0.2) is 11.5 Å². The van der Waals surface area contributed by atoms with Gasteiger partial charge >= 0.3 is 5.97 Å². The molecule has 1 aliphatic heterocycles. The first kappa shape index (κ1) is 12.8. The Morgan fingerprint density at radius 1 is 1.25 bits per heavy atom. The number of carboxylic acids is 1. The highest BCUT2D eigenvalue weighted by Gasteiger charge is 2.40. The van der Waals surface area contributed by atoms with E-state index >= 15 is 0 Å². The Bertz CT molecular complexity index is 565. The van der Waals surface area contributed by atoms with Crippen molar-refractivity contribution in [1.82, 2.24) is 5.32 Å². The summed E-state index contributed by atoms with van der Waals surface area (Å²) in [5, 5.41) is 11.8. The molecule has 1 aromatic carbocycles. The smallest absolute Gasteiger partial charge is 0.305 e. The molecule has 2 aliphatic rings. The van der Waals surface area contributed by atoms with Gasteiger partial charge in [-0.1, -0.05) is 0 Å². The van der Waals surface area contributed by atoms with E-state index in [9.17, 15) is 9.59 Å². The molecule has 0 unspecified atom stereocenters. The van der Waals surface area contributed by atoms with Crippen molar-refractivity contribution >= 4 is 11.9 Å².